The Hall–Kier alpha value is -1.35. The number of fused-ring (bicyclic) bond motifs is 1. The molecule has 1 heterocycles. The molecule has 1 aromatic carbocycles. The highest BCUT2D eigenvalue weighted by molar-refractivity contribution is 5.75. The first kappa shape index (κ1) is 14.1. The smallest absolute Gasteiger partial charge is 0.109 e. The van der Waals surface area contributed by atoms with E-state index in [0.717, 1.165) is 44.4 Å². The number of imidazole rings is 1. The molecule has 2 aromatic rings. The number of rotatable bonds is 8. The maximum atomic E-state index is 4.78. The molecule has 0 atom stereocenters. The van der Waals surface area contributed by atoms with E-state index < -0.39 is 0 Å². The topological polar surface area (TPSA) is 29.9 Å². The van der Waals surface area contributed by atoms with Crippen LogP contribution in [0.4, 0.5) is 0 Å². The fourth-order valence-electron chi connectivity index (χ4n) is 2.46. The van der Waals surface area contributed by atoms with Crippen LogP contribution in [0, 0.1) is 0 Å². The third-order valence-corrected chi connectivity index (χ3v) is 3.36. The SMILES string of the molecule is CCCNCCCc1nc2ccccc2n1CCC. The molecule has 3 nitrogen and oxygen atoms in total. The predicted octanol–water partition coefficient (Wildman–Crippen LogP) is 3.38. The van der Waals surface area contributed by atoms with Crippen LogP contribution in [-0.4, -0.2) is 22.6 Å². The van der Waals surface area contributed by atoms with Crippen molar-refractivity contribution in [1.29, 1.82) is 0 Å². The summed E-state index contributed by atoms with van der Waals surface area (Å²) in [4.78, 5) is 4.78. The molecule has 3 heteroatoms. The molecule has 0 unspecified atom stereocenters. The molecule has 0 spiro atoms. The summed E-state index contributed by atoms with van der Waals surface area (Å²) in [7, 11) is 0. The monoisotopic (exact) mass is 259 g/mol. The summed E-state index contributed by atoms with van der Waals surface area (Å²) in [5.41, 5.74) is 2.41. The number of aryl methyl sites for hydroxylation is 2. The average Bonchev–Trinajstić information content (AvgIpc) is 2.78. The highest BCUT2D eigenvalue weighted by Crippen LogP contribution is 2.17. The molecule has 104 valence electrons. The standard InChI is InChI=1S/C16H25N3/c1-3-11-17-12-7-10-16-18-14-8-5-6-9-15(14)19(16)13-4-2/h5-6,8-9,17H,3-4,7,10-13H2,1-2H3. The molecule has 0 bridgehead atoms. The number of nitrogens with zero attached hydrogens (tertiary/aromatic N) is 2. The molecule has 2 rings (SSSR count). The largest absolute Gasteiger partial charge is 0.328 e. The lowest BCUT2D eigenvalue weighted by molar-refractivity contribution is 0.601. The Morgan fingerprint density at radius 3 is 2.74 bits per heavy atom. The first-order valence-corrected chi connectivity index (χ1v) is 7.51. The lowest BCUT2D eigenvalue weighted by Crippen LogP contribution is -2.17. The number of hydrogen-bond acceptors (Lipinski definition) is 2. The summed E-state index contributed by atoms with van der Waals surface area (Å²) in [6.45, 7) is 7.70. The van der Waals surface area contributed by atoms with Crippen molar-refractivity contribution < 1.29 is 0 Å². The van der Waals surface area contributed by atoms with Crippen molar-refractivity contribution in [2.75, 3.05) is 13.1 Å². The van der Waals surface area contributed by atoms with Crippen LogP contribution in [0.5, 0.6) is 0 Å². The van der Waals surface area contributed by atoms with Gasteiger partial charge in [-0.3, -0.25) is 0 Å². The minimum absolute atomic E-state index is 1.06. The highest BCUT2D eigenvalue weighted by atomic mass is 15.1. The van der Waals surface area contributed by atoms with E-state index >= 15 is 0 Å². The Morgan fingerprint density at radius 2 is 1.95 bits per heavy atom. The van der Waals surface area contributed by atoms with Gasteiger partial charge in [-0.2, -0.15) is 0 Å². The van der Waals surface area contributed by atoms with Crippen LogP contribution in [-0.2, 0) is 13.0 Å². The second-order valence-corrected chi connectivity index (χ2v) is 5.02. The number of para-hydroxylation sites is 2. The summed E-state index contributed by atoms with van der Waals surface area (Å²) in [5, 5.41) is 3.45. The van der Waals surface area contributed by atoms with Crippen LogP contribution in [0.1, 0.15) is 38.9 Å². The van der Waals surface area contributed by atoms with Gasteiger partial charge in [-0.25, -0.2) is 4.98 Å². The molecule has 0 saturated carbocycles. The third kappa shape index (κ3) is 3.57. The van der Waals surface area contributed by atoms with Gasteiger partial charge in [0.2, 0.25) is 0 Å². The first-order valence-electron chi connectivity index (χ1n) is 7.51. The van der Waals surface area contributed by atoms with Crippen molar-refractivity contribution in [3.8, 4) is 0 Å². The summed E-state index contributed by atoms with van der Waals surface area (Å²) in [6.07, 6.45) is 4.58. The summed E-state index contributed by atoms with van der Waals surface area (Å²) >= 11 is 0. The second kappa shape index (κ2) is 7.29. The molecule has 1 aromatic heterocycles. The average molecular weight is 259 g/mol. The van der Waals surface area contributed by atoms with Gasteiger partial charge in [-0.05, 0) is 44.5 Å². The van der Waals surface area contributed by atoms with Crippen LogP contribution in [0.15, 0.2) is 24.3 Å². The van der Waals surface area contributed by atoms with Crippen molar-refractivity contribution in [2.45, 2.75) is 46.1 Å². The maximum Gasteiger partial charge on any atom is 0.109 e. The molecule has 0 saturated heterocycles. The van der Waals surface area contributed by atoms with Gasteiger partial charge in [0, 0.05) is 13.0 Å². The predicted molar refractivity (Wildman–Crippen MR) is 81.5 cm³/mol. The van der Waals surface area contributed by atoms with E-state index in [-0.39, 0.29) is 0 Å². The molecule has 1 N–H and O–H groups in total. The lowest BCUT2D eigenvalue weighted by Gasteiger charge is -2.08. The fraction of sp³-hybridized carbons (Fsp3) is 0.562. The first-order chi connectivity index (χ1) is 9.36. The molecular formula is C16H25N3. The molecule has 0 fully saturated rings. The minimum atomic E-state index is 1.06. The highest BCUT2D eigenvalue weighted by Gasteiger charge is 2.08. The van der Waals surface area contributed by atoms with Gasteiger partial charge in [0.15, 0.2) is 0 Å². The lowest BCUT2D eigenvalue weighted by atomic mass is 10.3. The van der Waals surface area contributed by atoms with Gasteiger partial charge in [-0.15, -0.1) is 0 Å². The summed E-state index contributed by atoms with van der Waals surface area (Å²) in [6, 6.07) is 8.46. The van der Waals surface area contributed by atoms with E-state index in [2.05, 4.69) is 48.0 Å². The number of nitrogens with one attached hydrogen (secondary N) is 1. The van der Waals surface area contributed by atoms with Crippen LogP contribution < -0.4 is 5.32 Å². The Morgan fingerprint density at radius 1 is 1.11 bits per heavy atom. The normalized spacial score (nSPS) is 11.3. The van der Waals surface area contributed by atoms with Crippen molar-refractivity contribution in [1.82, 2.24) is 14.9 Å². The number of benzene rings is 1. The molecular weight excluding hydrogens is 234 g/mol. The minimum Gasteiger partial charge on any atom is -0.328 e. The van der Waals surface area contributed by atoms with Crippen LogP contribution in [0.25, 0.3) is 11.0 Å². The van der Waals surface area contributed by atoms with Crippen molar-refractivity contribution in [3.63, 3.8) is 0 Å². The Balaban J connectivity index is 2.06. The van der Waals surface area contributed by atoms with Gasteiger partial charge in [0.05, 0.1) is 11.0 Å². The van der Waals surface area contributed by atoms with Crippen molar-refractivity contribution in [2.24, 2.45) is 0 Å². The Bertz CT molecular complexity index is 502. The van der Waals surface area contributed by atoms with E-state index in [0.29, 0.717) is 0 Å². The maximum absolute atomic E-state index is 4.78. The zero-order valence-corrected chi connectivity index (χ0v) is 12.2. The quantitative estimate of drug-likeness (QED) is 0.737. The number of aromatic nitrogens is 2. The van der Waals surface area contributed by atoms with Gasteiger partial charge >= 0.3 is 0 Å². The van der Waals surface area contributed by atoms with E-state index in [9.17, 15) is 0 Å². The zero-order valence-electron chi connectivity index (χ0n) is 12.2. The van der Waals surface area contributed by atoms with E-state index in [4.69, 9.17) is 4.98 Å². The van der Waals surface area contributed by atoms with Gasteiger partial charge in [-0.1, -0.05) is 26.0 Å². The molecule has 19 heavy (non-hydrogen) atoms. The fourth-order valence-corrected chi connectivity index (χ4v) is 2.46. The van der Waals surface area contributed by atoms with E-state index in [1.807, 2.05) is 0 Å². The molecule has 0 amide bonds. The van der Waals surface area contributed by atoms with Crippen molar-refractivity contribution >= 4 is 11.0 Å². The van der Waals surface area contributed by atoms with Gasteiger partial charge < -0.3 is 9.88 Å². The molecule has 0 radical (unpaired) electrons. The van der Waals surface area contributed by atoms with Gasteiger partial charge in [0.25, 0.3) is 0 Å². The van der Waals surface area contributed by atoms with E-state index in [1.165, 1.54) is 17.8 Å². The van der Waals surface area contributed by atoms with Crippen LogP contribution in [0.3, 0.4) is 0 Å². The summed E-state index contributed by atoms with van der Waals surface area (Å²) < 4.78 is 2.38. The van der Waals surface area contributed by atoms with Crippen molar-refractivity contribution in [3.05, 3.63) is 30.1 Å². The second-order valence-electron chi connectivity index (χ2n) is 5.02. The molecule has 0 aliphatic heterocycles. The van der Waals surface area contributed by atoms with Crippen LogP contribution in [0.2, 0.25) is 0 Å². The zero-order chi connectivity index (χ0) is 13.5. The van der Waals surface area contributed by atoms with E-state index in [1.54, 1.807) is 0 Å². The van der Waals surface area contributed by atoms with Crippen LogP contribution >= 0.6 is 0 Å². The molecule has 0 aliphatic rings. The molecule has 0 aliphatic carbocycles. The third-order valence-electron chi connectivity index (χ3n) is 3.36. The Kier molecular flexibility index (Phi) is 5.40. The summed E-state index contributed by atoms with van der Waals surface area (Å²) in [5.74, 6) is 1.24. The van der Waals surface area contributed by atoms with Gasteiger partial charge in [0.1, 0.15) is 5.82 Å². The number of hydrogen-bond donors (Lipinski definition) is 1. The Labute approximate surface area is 116 Å².